The van der Waals surface area contributed by atoms with E-state index >= 15 is 0 Å². The molecular weight excluding hydrogens is 236 g/mol. The second kappa shape index (κ2) is 13.9. The topological polar surface area (TPSA) is 26.3 Å². The van der Waals surface area contributed by atoms with Crippen molar-refractivity contribution >= 4 is 5.97 Å². The van der Waals surface area contributed by atoms with Crippen LogP contribution in [0.5, 0.6) is 0 Å². The van der Waals surface area contributed by atoms with Gasteiger partial charge in [-0.1, -0.05) is 71.1 Å². The van der Waals surface area contributed by atoms with Gasteiger partial charge in [0.05, 0.1) is 6.10 Å². The normalized spacial score (nSPS) is 12.4. The zero-order valence-electron chi connectivity index (χ0n) is 13.4. The molecule has 0 fully saturated rings. The van der Waals surface area contributed by atoms with Gasteiger partial charge in [-0.2, -0.15) is 0 Å². The van der Waals surface area contributed by atoms with Crippen LogP contribution in [0.4, 0.5) is 0 Å². The van der Waals surface area contributed by atoms with Gasteiger partial charge in [-0.3, -0.25) is 4.79 Å². The van der Waals surface area contributed by atoms with Gasteiger partial charge in [-0.15, -0.1) is 0 Å². The van der Waals surface area contributed by atoms with Crippen molar-refractivity contribution in [1.82, 2.24) is 0 Å². The van der Waals surface area contributed by atoms with Gasteiger partial charge in [0.2, 0.25) is 0 Å². The van der Waals surface area contributed by atoms with Gasteiger partial charge < -0.3 is 4.74 Å². The fraction of sp³-hybridized carbons (Fsp3) is 0.941. The third-order valence-corrected chi connectivity index (χ3v) is 3.58. The van der Waals surface area contributed by atoms with E-state index in [4.69, 9.17) is 4.74 Å². The summed E-state index contributed by atoms with van der Waals surface area (Å²) in [5, 5.41) is 0. The summed E-state index contributed by atoms with van der Waals surface area (Å²) in [6.45, 7) is 5.73. The lowest BCUT2D eigenvalue weighted by atomic mass is 10.0. The Labute approximate surface area is 120 Å². The number of esters is 1. The third kappa shape index (κ3) is 15.4. The van der Waals surface area contributed by atoms with E-state index in [1.165, 1.54) is 77.6 Å². The lowest BCUT2D eigenvalue weighted by molar-refractivity contribution is -0.145. The molecule has 0 saturated carbocycles. The van der Waals surface area contributed by atoms with Crippen molar-refractivity contribution in [1.29, 1.82) is 0 Å². The van der Waals surface area contributed by atoms with Crippen molar-refractivity contribution in [3.63, 3.8) is 0 Å². The maximum absolute atomic E-state index is 10.7. The maximum atomic E-state index is 10.7. The minimum atomic E-state index is -0.157. The van der Waals surface area contributed by atoms with Crippen LogP contribution < -0.4 is 0 Å². The van der Waals surface area contributed by atoms with E-state index in [1.54, 1.807) is 0 Å². The smallest absolute Gasteiger partial charge is 0.302 e. The average Bonchev–Trinajstić information content (AvgIpc) is 2.35. The molecule has 2 heteroatoms. The molecule has 0 aromatic carbocycles. The van der Waals surface area contributed by atoms with Crippen LogP contribution in [0.25, 0.3) is 0 Å². The summed E-state index contributed by atoms with van der Waals surface area (Å²) in [7, 11) is 0. The fourth-order valence-corrected chi connectivity index (χ4v) is 2.44. The Kier molecular flexibility index (Phi) is 13.5. The number of carbonyl (C=O) groups is 1. The van der Waals surface area contributed by atoms with Crippen LogP contribution in [0.3, 0.4) is 0 Å². The highest BCUT2D eigenvalue weighted by Crippen LogP contribution is 2.13. The number of hydrogen-bond donors (Lipinski definition) is 0. The second-order valence-corrected chi connectivity index (χ2v) is 5.74. The van der Waals surface area contributed by atoms with Gasteiger partial charge in [-0.05, 0) is 19.8 Å². The summed E-state index contributed by atoms with van der Waals surface area (Å²) in [5.74, 6) is -0.157. The van der Waals surface area contributed by atoms with Crippen molar-refractivity contribution in [2.24, 2.45) is 0 Å². The van der Waals surface area contributed by atoms with E-state index in [0.717, 1.165) is 6.42 Å². The largest absolute Gasteiger partial charge is 0.463 e. The molecule has 2 nitrogen and oxygen atoms in total. The van der Waals surface area contributed by atoms with E-state index < -0.39 is 0 Å². The Morgan fingerprint density at radius 2 is 1.26 bits per heavy atom. The molecule has 0 radical (unpaired) electrons. The van der Waals surface area contributed by atoms with Crippen molar-refractivity contribution in [2.45, 2.75) is 104 Å². The molecule has 0 spiro atoms. The third-order valence-electron chi connectivity index (χ3n) is 3.58. The number of carbonyl (C=O) groups excluding carboxylic acids is 1. The summed E-state index contributed by atoms with van der Waals surface area (Å²) < 4.78 is 5.10. The average molecular weight is 270 g/mol. The first kappa shape index (κ1) is 18.5. The molecular formula is C17H34O2. The Bertz CT molecular complexity index is 201. The molecule has 0 heterocycles. The predicted molar refractivity (Wildman–Crippen MR) is 82.3 cm³/mol. The Morgan fingerprint density at radius 3 is 1.68 bits per heavy atom. The minimum Gasteiger partial charge on any atom is -0.463 e. The van der Waals surface area contributed by atoms with E-state index in [2.05, 4.69) is 6.92 Å². The zero-order valence-corrected chi connectivity index (χ0v) is 13.4. The van der Waals surface area contributed by atoms with Crippen LogP contribution in [-0.4, -0.2) is 12.1 Å². The van der Waals surface area contributed by atoms with Crippen LogP contribution >= 0.6 is 0 Å². The highest BCUT2D eigenvalue weighted by molar-refractivity contribution is 5.66. The molecule has 0 saturated heterocycles. The quantitative estimate of drug-likeness (QED) is 0.320. The minimum absolute atomic E-state index is 0.0936. The monoisotopic (exact) mass is 270 g/mol. The second-order valence-electron chi connectivity index (χ2n) is 5.74. The van der Waals surface area contributed by atoms with Crippen LogP contribution in [0.1, 0.15) is 97.8 Å². The molecule has 1 atom stereocenters. The first-order chi connectivity index (χ1) is 9.16. The van der Waals surface area contributed by atoms with Crippen LogP contribution in [0, 0.1) is 0 Å². The molecule has 0 bridgehead atoms. The summed E-state index contributed by atoms with van der Waals surface area (Å²) in [5.41, 5.74) is 0. The summed E-state index contributed by atoms with van der Waals surface area (Å²) in [6.07, 6.45) is 16.1. The van der Waals surface area contributed by atoms with Crippen molar-refractivity contribution in [2.75, 3.05) is 0 Å². The van der Waals surface area contributed by atoms with E-state index in [9.17, 15) is 4.79 Å². The van der Waals surface area contributed by atoms with E-state index in [-0.39, 0.29) is 12.1 Å². The number of rotatable bonds is 13. The fourth-order valence-electron chi connectivity index (χ4n) is 2.44. The van der Waals surface area contributed by atoms with Gasteiger partial charge in [-0.25, -0.2) is 0 Å². The summed E-state index contributed by atoms with van der Waals surface area (Å²) in [4.78, 5) is 10.7. The molecule has 19 heavy (non-hydrogen) atoms. The lowest BCUT2D eigenvalue weighted by Gasteiger charge is -2.11. The zero-order chi connectivity index (χ0) is 14.3. The van der Waals surface area contributed by atoms with Crippen LogP contribution in [-0.2, 0) is 9.53 Å². The summed E-state index contributed by atoms with van der Waals surface area (Å²) >= 11 is 0. The number of unbranched alkanes of at least 4 members (excludes halogenated alkanes) is 10. The van der Waals surface area contributed by atoms with Crippen LogP contribution in [0.2, 0.25) is 0 Å². The molecule has 114 valence electrons. The highest BCUT2D eigenvalue weighted by atomic mass is 16.5. The molecule has 0 rings (SSSR count). The van der Waals surface area contributed by atoms with Crippen molar-refractivity contribution in [3.05, 3.63) is 0 Å². The SMILES string of the molecule is CCCCCCCCCCCCC[C@@H](C)OC(C)=O. The predicted octanol–water partition coefficient (Wildman–Crippen LogP) is 5.64. The first-order valence-corrected chi connectivity index (χ1v) is 8.34. The highest BCUT2D eigenvalue weighted by Gasteiger charge is 2.04. The van der Waals surface area contributed by atoms with Gasteiger partial charge in [0.1, 0.15) is 0 Å². The Hall–Kier alpha value is -0.530. The van der Waals surface area contributed by atoms with Crippen LogP contribution in [0.15, 0.2) is 0 Å². The Balaban J connectivity index is 3.08. The molecule has 0 aliphatic rings. The van der Waals surface area contributed by atoms with Gasteiger partial charge >= 0.3 is 5.97 Å². The molecule has 0 aliphatic carbocycles. The number of hydrogen-bond acceptors (Lipinski definition) is 2. The standard InChI is InChI=1S/C17H34O2/c1-4-5-6-7-8-9-10-11-12-13-14-15-16(2)19-17(3)18/h16H,4-15H2,1-3H3/t16-/m1/s1. The molecule has 0 N–H and O–H groups in total. The Morgan fingerprint density at radius 1 is 0.842 bits per heavy atom. The molecule has 0 amide bonds. The van der Waals surface area contributed by atoms with E-state index in [1.807, 2.05) is 6.92 Å². The summed E-state index contributed by atoms with van der Waals surface area (Å²) in [6, 6.07) is 0. The van der Waals surface area contributed by atoms with Gasteiger partial charge in [0.15, 0.2) is 0 Å². The maximum Gasteiger partial charge on any atom is 0.302 e. The molecule has 0 aromatic rings. The van der Waals surface area contributed by atoms with Gasteiger partial charge in [0.25, 0.3) is 0 Å². The van der Waals surface area contributed by atoms with Gasteiger partial charge in [0, 0.05) is 6.92 Å². The first-order valence-electron chi connectivity index (χ1n) is 8.34. The number of ether oxygens (including phenoxy) is 1. The molecule has 0 aliphatic heterocycles. The van der Waals surface area contributed by atoms with Crippen molar-refractivity contribution < 1.29 is 9.53 Å². The van der Waals surface area contributed by atoms with E-state index in [0.29, 0.717) is 0 Å². The lowest BCUT2D eigenvalue weighted by Crippen LogP contribution is -2.11. The van der Waals surface area contributed by atoms with Crippen molar-refractivity contribution in [3.8, 4) is 0 Å². The molecule has 0 aromatic heterocycles. The molecule has 0 unspecified atom stereocenters.